The number of hydrogen-bond donors (Lipinski definition) is 1. The third kappa shape index (κ3) is 4.17. The van der Waals surface area contributed by atoms with Crippen molar-refractivity contribution in [1.82, 2.24) is 0 Å². The maximum Gasteiger partial charge on any atom is 0.0725 e. The highest BCUT2D eigenvalue weighted by atomic mass is 28.3. The van der Waals surface area contributed by atoms with Crippen LogP contribution in [0.4, 0.5) is 0 Å². The SMILES string of the molecule is C=CC/C(=C\CO)[Si](C)(C)C. The van der Waals surface area contributed by atoms with Crippen LogP contribution in [-0.2, 0) is 0 Å². The molecule has 0 aliphatic rings. The van der Waals surface area contributed by atoms with Crippen LogP contribution in [0, 0.1) is 0 Å². The number of aliphatic hydroxyl groups is 1. The summed E-state index contributed by atoms with van der Waals surface area (Å²) in [5.74, 6) is 0. The molecular weight excluding hydrogens is 152 g/mol. The third-order valence-corrected chi connectivity index (χ3v) is 4.00. The Labute approximate surface area is 70.5 Å². The molecule has 0 heterocycles. The van der Waals surface area contributed by atoms with Crippen LogP contribution in [0.5, 0.6) is 0 Å². The van der Waals surface area contributed by atoms with Crippen molar-refractivity contribution in [3.63, 3.8) is 0 Å². The molecule has 0 rings (SSSR count). The zero-order chi connectivity index (χ0) is 8.91. The van der Waals surface area contributed by atoms with Crippen LogP contribution in [0.2, 0.25) is 19.6 Å². The van der Waals surface area contributed by atoms with E-state index in [1.807, 2.05) is 12.2 Å². The van der Waals surface area contributed by atoms with E-state index in [1.165, 1.54) is 5.20 Å². The van der Waals surface area contributed by atoms with Crippen LogP contribution in [0.15, 0.2) is 23.9 Å². The largest absolute Gasteiger partial charge is 0.392 e. The van der Waals surface area contributed by atoms with Gasteiger partial charge >= 0.3 is 0 Å². The first kappa shape index (κ1) is 10.7. The summed E-state index contributed by atoms with van der Waals surface area (Å²) in [6, 6.07) is 0. The predicted molar refractivity (Wildman–Crippen MR) is 53.3 cm³/mol. The lowest BCUT2D eigenvalue weighted by Gasteiger charge is -2.19. The highest BCUT2D eigenvalue weighted by Crippen LogP contribution is 2.17. The van der Waals surface area contributed by atoms with Crippen LogP contribution in [0.1, 0.15) is 6.42 Å². The van der Waals surface area contributed by atoms with Crippen molar-refractivity contribution in [3.05, 3.63) is 23.9 Å². The normalized spacial score (nSPS) is 13.3. The van der Waals surface area contributed by atoms with Gasteiger partial charge in [-0.3, -0.25) is 0 Å². The molecular formula is C9H18OSi. The molecule has 0 aromatic rings. The summed E-state index contributed by atoms with van der Waals surface area (Å²) in [5, 5.41) is 10.1. The minimum atomic E-state index is -1.20. The van der Waals surface area contributed by atoms with Gasteiger partial charge in [-0.15, -0.1) is 6.58 Å². The Morgan fingerprint density at radius 1 is 1.45 bits per heavy atom. The fourth-order valence-corrected chi connectivity index (χ4v) is 2.42. The van der Waals surface area contributed by atoms with Crippen LogP contribution in [0.25, 0.3) is 0 Å². The number of aliphatic hydroxyl groups excluding tert-OH is 1. The van der Waals surface area contributed by atoms with E-state index in [-0.39, 0.29) is 6.61 Å². The smallest absolute Gasteiger partial charge is 0.0725 e. The van der Waals surface area contributed by atoms with Gasteiger partial charge in [-0.25, -0.2) is 0 Å². The van der Waals surface area contributed by atoms with E-state index in [1.54, 1.807) is 0 Å². The van der Waals surface area contributed by atoms with Crippen molar-refractivity contribution in [2.75, 3.05) is 6.61 Å². The van der Waals surface area contributed by atoms with Crippen molar-refractivity contribution < 1.29 is 5.11 Å². The van der Waals surface area contributed by atoms with Crippen molar-refractivity contribution in [2.24, 2.45) is 0 Å². The Kier molecular flexibility index (Phi) is 4.38. The fraction of sp³-hybridized carbons (Fsp3) is 0.556. The van der Waals surface area contributed by atoms with Gasteiger partial charge in [-0.1, -0.05) is 37.0 Å². The standard InChI is InChI=1S/C9H18OSi/c1-5-6-9(7-8-10)11(2,3)4/h5,7,10H,1,6,8H2,2-4H3/b9-7+. The number of allylic oxidation sites excluding steroid dienone is 2. The van der Waals surface area contributed by atoms with Crippen molar-refractivity contribution in [2.45, 2.75) is 26.1 Å². The maximum atomic E-state index is 8.74. The molecule has 1 nitrogen and oxygen atoms in total. The Hall–Kier alpha value is -0.343. The maximum absolute atomic E-state index is 8.74. The number of hydrogen-bond acceptors (Lipinski definition) is 1. The zero-order valence-corrected chi connectivity index (χ0v) is 8.72. The molecule has 0 fully saturated rings. The van der Waals surface area contributed by atoms with Gasteiger partial charge in [-0.05, 0) is 6.42 Å². The molecule has 0 aliphatic heterocycles. The molecule has 64 valence electrons. The summed E-state index contributed by atoms with van der Waals surface area (Å²) in [4.78, 5) is 0. The Bertz CT molecular complexity index is 153. The molecule has 0 saturated heterocycles. The third-order valence-electron chi connectivity index (χ3n) is 1.67. The zero-order valence-electron chi connectivity index (χ0n) is 7.72. The lowest BCUT2D eigenvalue weighted by atomic mass is 10.4. The first-order valence-corrected chi connectivity index (χ1v) is 7.43. The predicted octanol–water partition coefficient (Wildman–Crippen LogP) is 2.36. The molecule has 0 aromatic heterocycles. The molecule has 1 N–H and O–H groups in total. The highest BCUT2D eigenvalue weighted by Gasteiger charge is 2.17. The van der Waals surface area contributed by atoms with Gasteiger partial charge in [-0.2, -0.15) is 0 Å². The average Bonchev–Trinajstić information content (AvgIpc) is 1.85. The van der Waals surface area contributed by atoms with E-state index in [0.717, 1.165) is 6.42 Å². The quantitative estimate of drug-likeness (QED) is 0.507. The van der Waals surface area contributed by atoms with Gasteiger partial charge in [0.25, 0.3) is 0 Å². The Morgan fingerprint density at radius 2 is 2.00 bits per heavy atom. The topological polar surface area (TPSA) is 20.2 Å². The molecule has 0 aromatic carbocycles. The summed E-state index contributed by atoms with van der Waals surface area (Å²) in [5.41, 5.74) is 0. The second-order valence-corrected chi connectivity index (χ2v) is 8.80. The summed E-state index contributed by atoms with van der Waals surface area (Å²) in [6.07, 6.45) is 4.75. The lowest BCUT2D eigenvalue weighted by Crippen LogP contribution is -2.24. The summed E-state index contributed by atoms with van der Waals surface area (Å²) < 4.78 is 0. The lowest BCUT2D eigenvalue weighted by molar-refractivity contribution is 0.342. The molecule has 0 radical (unpaired) electrons. The Morgan fingerprint density at radius 3 is 2.27 bits per heavy atom. The molecule has 0 bridgehead atoms. The summed E-state index contributed by atoms with van der Waals surface area (Å²) >= 11 is 0. The monoisotopic (exact) mass is 170 g/mol. The Balaban J connectivity index is 4.34. The summed E-state index contributed by atoms with van der Waals surface area (Å²) in [7, 11) is -1.20. The van der Waals surface area contributed by atoms with E-state index in [4.69, 9.17) is 5.11 Å². The first-order chi connectivity index (χ1) is 5.02. The average molecular weight is 170 g/mol. The second-order valence-electron chi connectivity index (χ2n) is 3.65. The van der Waals surface area contributed by atoms with E-state index in [0.29, 0.717) is 0 Å². The minimum absolute atomic E-state index is 0.160. The molecule has 0 spiro atoms. The molecule has 11 heavy (non-hydrogen) atoms. The van der Waals surface area contributed by atoms with E-state index in [2.05, 4.69) is 26.2 Å². The molecule has 2 heteroatoms. The molecule has 0 atom stereocenters. The first-order valence-electron chi connectivity index (χ1n) is 3.93. The van der Waals surface area contributed by atoms with Crippen LogP contribution >= 0.6 is 0 Å². The van der Waals surface area contributed by atoms with Gasteiger partial charge < -0.3 is 5.11 Å². The van der Waals surface area contributed by atoms with Gasteiger partial charge in [0.2, 0.25) is 0 Å². The highest BCUT2D eigenvalue weighted by molar-refractivity contribution is 6.83. The van der Waals surface area contributed by atoms with Crippen molar-refractivity contribution >= 4 is 8.07 Å². The molecule has 0 unspecified atom stereocenters. The van der Waals surface area contributed by atoms with Gasteiger partial charge in [0, 0.05) is 0 Å². The van der Waals surface area contributed by atoms with Crippen LogP contribution < -0.4 is 0 Å². The number of rotatable bonds is 4. The van der Waals surface area contributed by atoms with Gasteiger partial charge in [0.1, 0.15) is 0 Å². The van der Waals surface area contributed by atoms with Gasteiger partial charge in [0.05, 0.1) is 14.7 Å². The van der Waals surface area contributed by atoms with Crippen LogP contribution in [-0.4, -0.2) is 19.8 Å². The molecule has 0 saturated carbocycles. The van der Waals surface area contributed by atoms with Crippen molar-refractivity contribution in [3.8, 4) is 0 Å². The van der Waals surface area contributed by atoms with Gasteiger partial charge in [0.15, 0.2) is 0 Å². The van der Waals surface area contributed by atoms with Crippen molar-refractivity contribution in [1.29, 1.82) is 0 Å². The van der Waals surface area contributed by atoms with E-state index in [9.17, 15) is 0 Å². The molecule has 0 amide bonds. The second kappa shape index (κ2) is 4.52. The molecule has 0 aliphatic carbocycles. The van der Waals surface area contributed by atoms with Crippen LogP contribution in [0.3, 0.4) is 0 Å². The van der Waals surface area contributed by atoms with E-state index < -0.39 is 8.07 Å². The minimum Gasteiger partial charge on any atom is -0.392 e. The fourth-order valence-electron chi connectivity index (χ4n) is 0.961. The summed E-state index contributed by atoms with van der Waals surface area (Å²) in [6.45, 7) is 10.7. The van der Waals surface area contributed by atoms with E-state index >= 15 is 0 Å².